The molecule has 20 heavy (non-hydrogen) atoms. The first-order valence-electron chi connectivity index (χ1n) is 5.84. The SMILES string of the molecule is O=C1NCC(Cn2cncn2)(c2ccc(Cl)cc2Cl)O1. The van der Waals surface area contributed by atoms with Crippen molar-refractivity contribution < 1.29 is 9.53 Å². The highest BCUT2D eigenvalue weighted by atomic mass is 35.5. The summed E-state index contributed by atoms with van der Waals surface area (Å²) in [5.74, 6) is 0. The quantitative estimate of drug-likeness (QED) is 0.943. The number of hydrogen-bond donors (Lipinski definition) is 1. The molecule has 1 saturated heterocycles. The van der Waals surface area contributed by atoms with Crippen LogP contribution in [0.2, 0.25) is 10.0 Å². The summed E-state index contributed by atoms with van der Waals surface area (Å²) in [6, 6.07) is 5.08. The third-order valence-electron chi connectivity index (χ3n) is 3.11. The van der Waals surface area contributed by atoms with Crippen molar-refractivity contribution in [1.82, 2.24) is 20.1 Å². The van der Waals surface area contributed by atoms with Gasteiger partial charge in [0.2, 0.25) is 0 Å². The van der Waals surface area contributed by atoms with Gasteiger partial charge in [0.05, 0.1) is 13.1 Å². The molecule has 2 heterocycles. The van der Waals surface area contributed by atoms with E-state index in [9.17, 15) is 4.79 Å². The molecule has 1 unspecified atom stereocenters. The summed E-state index contributed by atoms with van der Waals surface area (Å²) >= 11 is 12.1. The first kappa shape index (κ1) is 13.2. The van der Waals surface area contributed by atoms with Crippen molar-refractivity contribution >= 4 is 29.3 Å². The lowest BCUT2D eigenvalue weighted by atomic mass is 9.94. The van der Waals surface area contributed by atoms with Gasteiger partial charge in [0.1, 0.15) is 12.7 Å². The average molecular weight is 313 g/mol. The summed E-state index contributed by atoms with van der Waals surface area (Å²) in [4.78, 5) is 15.4. The molecule has 1 N–H and O–H groups in total. The second kappa shape index (κ2) is 4.96. The number of carbonyl (C=O) groups excluding carboxylic acids is 1. The molecule has 104 valence electrons. The number of nitrogens with zero attached hydrogens (tertiary/aromatic N) is 3. The average Bonchev–Trinajstić information content (AvgIpc) is 3.00. The Morgan fingerprint density at radius 1 is 1.45 bits per heavy atom. The topological polar surface area (TPSA) is 69.0 Å². The molecule has 1 aromatic heterocycles. The van der Waals surface area contributed by atoms with Crippen LogP contribution in [0.3, 0.4) is 0 Å². The van der Waals surface area contributed by atoms with Crippen LogP contribution in [0, 0.1) is 0 Å². The van der Waals surface area contributed by atoms with E-state index >= 15 is 0 Å². The van der Waals surface area contributed by atoms with Crippen LogP contribution in [0.1, 0.15) is 5.56 Å². The van der Waals surface area contributed by atoms with Gasteiger partial charge in [0, 0.05) is 15.6 Å². The molecule has 1 atom stereocenters. The number of ether oxygens (including phenoxy) is 1. The lowest BCUT2D eigenvalue weighted by molar-refractivity contribution is 0.0363. The van der Waals surface area contributed by atoms with E-state index in [4.69, 9.17) is 27.9 Å². The monoisotopic (exact) mass is 312 g/mol. The molecule has 0 saturated carbocycles. The Morgan fingerprint density at radius 2 is 2.30 bits per heavy atom. The van der Waals surface area contributed by atoms with Gasteiger partial charge in [0.25, 0.3) is 0 Å². The van der Waals surface area contributed by atoms with E-state index in [1.807, 2.05) is 0 Å². The van der Waals surface area contributed by atoms with E-state index in [0.717, 1.165) is 0 Å². The van der Waals surface area contributed by atoms with Crippen LogP contribution in [0.4, 0.5) is 4.79 Å². The zero-order chi connectivity index (χ0) is 14.2. The fourth-order valence-electron chi connectivity index (χ4n) is 2.22. The number of benzene rings is 1. The van der Waals surface area contributed by atoms with Crippen LogP contribution in [-0.4, -0.2) is 27.4 Å². The molecule has 1 fully saturated rings. The summed E-state index contributed by atoms with van der Waals surface area (Å²) in [5.41, 5.74) is -0.246. The number of aromatic nitrogens is 3. The van der Waals surface area contributed by atoms with Gasteiger partial charge in [-0.25, -0.2) is 14.5 Å². The number of rotatable bonds is 3. The molecule has 1 aromatic carbocycles. The third kappa shape index (κ3) is 2.32. The molecule has 0 bridgehead atoms. The summed E-state index contributed by atoms with van der Waals surface area (Å²) in [6.45, 7) is 0.611. The number of halogens is 2. The number of alkyl carbamates (subject to hydrolysis) is 1. The third-order valence-corrected chi connectivity index (χ3v) is 3.66. The van der Waals surface area contributed by atoms with Gasteiger partial charge >= 0.3 is 6.09 Å². The Morgan fingerprint density at radius 3 is 2.90 bits per heavy atom. The Bertz CT molecular complexity index is 647. The predicted octanol–water partition coefficient (Wildman–Crippen LogP) is 2.22. The minimum absolute atomic E-state index is 0.299. The number of cyclic esters (lactones) is 1. The Labute approximate surface area is 124 Å². The van der Waals surface area contributed by atoms with Crippen molar-refractivity contribution in [2.45, 2.75) is 12.1 Å². The molecular formula is C12H10Cl2N4O2. The van der Waals surface area contributed by atoms with E-state index in [1.165, 1.54) is 6.33 Å². The molecule has 1 aliphatic rings. The van der Waals surface area contributed by atoms with E-state index in [1.54, 1.807) is 29.2 Å². The van der Waals surface area contributed by atoms with Crippen LogP contribution in [0.5, 0.6) is 0 Å². The molecule has 1 aliphatic heterocycles. The minimum atomic E-state index is -0.924. The lowest BCUT2D eigenvalue weighted by Gasteiger charge is -2.27. The maximum atomic E-state index is 11.5. The molecule has 0 aliphatic carbocycles. The van der Waals surface area contributed by atoms with E-state index in [2.05, 4.69) is 15.4 Å². The van der Waals surface area contributed by atoms with Crippen LogP contribution in [0.15, 0.2) is 30.9 Å². The first-order chi connectivity index (χ1) is 9.59. The largest absolute Gasteiger partial charge is 0.434 e. The van der Waals surface area contributed by atoms with Crippen molar-refractivity contribution in [2.75, 3.05) is 6.54 Å². The van der Waals surface area contributed by atoms with Gasteiger partial charge in [-0.1, -0.05) is 29.3 Å². The zero-order valence-electron chi connectivity index (χ0n) is 10.2. The number of carbonyl (C=O) groups is 1. The predicted molar refractivity (Wildman–Crippen MR) is 72.6 cm³/mol. The van der Waals surface area contributed by atoms with Crippen LogP contribution >= 0.6 is 23.2 Å². The second-order valence-electron chi connectivity index (χ2n) is 4.45. The molecule has 0 radical (unpaired) electrons. The second-order valence-corrected chi connectivity index (χ2v) is 5.30. The van der Waals surface area contributed by atoms with Crippen LogP contribution < -0.4 is 5.32 Å². The zero-order valence-corrected chi connectivity index (χ0v) is 11.7. The van der Waals surface area contributed by atoms with Gasteiger partial charge in [-0.05, 0) is 12.1 Å². The molecule has 1 amide bonds. The fourth-order valence-corrected chi connectivity index (χ4v) is 2.80. The van der Waals surface area contributed by atoms with Crippen LogP contribution in [-0.2, 0) is 16.9 Å². The minimum Gasteiger partial charge on any atom is -0.434 e. The molecule has 3 rings (SSSR count). The molecule has 0 spiro atoms. The Kier molecular flexibility index (Phi) is 3.27. The summed E-state index contributed by atoms with van der Waals surface area (Å²) < 4.78 is 7.05. The van der Waals surface area contributed by atoms with Gasteiger partial charge < -0.3 is 10.1 Å². The molecule has 8 heteroatoms. The van der Waals surface area contributed by atoms with Crippen LogP contribution in [0.25, 0.3) is 0 Å². The fraction of sp³-hybridized carbons (Fsp3) is 0.250. The first-order valence-corrected chi connectivity index (χ1v) is 6.59. The van der Waals surface area contributed by atoms with Gasteiger partial charge in [-0.3, -0.25) is 0 Å². The van der Waals surface area contributed by atoms with Crippen molar-refractivity contribution in [2.24, 2.45) is 0 Å². The molecular weight excluding hydrogens is 303 g/mol. The van der Waals surface area contributed by atoms with E-state index in [0.29, 0.717) is 28.7 Å². The van der Waals surface area contributed by atoms with Gasteiger partial charge in [-0.15, -0.1) is 0 Å². The Balaban J connectivity index is 2.03. The van der Waals surface area contributed by atoms with Gasteiger partial charge in [0.15, 0.2) is 5.60 Å². The number of nitrogens with one attached hydrogen (secondary N) is 1. The molecule has 6 nitrogen and oxygen atoms in total. The van der Waals surface area contributed by atoms with E-state index in [-0.39, 0.29) is 0 Å². The highest BCUT2D eigenvalue weighted by Crippen LogP contribution is 2.36. The Hall–Kier alpha value is -1.79. The maximum Gasteiger partial charge on any atom is 0.408 e. The molecule has 2 aromatic rings. The summed E-state index contributed by atoms with van der Waals surface area (Å²) in [7, 11) is 0. The summed E-state index contributed by atoms with van der Waals surface area (Å²) in [6.07, 6.45) is 2.48. The van der Waals surface area contributed by atoms with Crippen molar-refractivity contribution in [1.29, 1.82) is 0 Å². The summed E-state index contributed by atoms with van der Waals surface area (Å²) in [5, 5.41) is 7.65. The maximum absolute atomic E-state index is 11.5. The standard InChI is InChI=1S/C12H10Cl2N4O2/c13-8-1-2-9(10(14)3-8)12(4-16-11(19)20-12)5-18-7-15-6-17-18/h1-3,6-7H,4-5H2,(H,16,19). The number of amides is 1. The van der Waals surface area contributed by atoms with Gasteiger partial charge in [-0.2, -0.15) is 5.10 Å². The normalized spacial score (nSPS) is 21.6. The highest BCUT2D eigenvalue weighted by molar-refractivity contribution is 6.35. The van der Waals surface area contributed by atoms with Crippen molar-refractivity contribution in [3.05, 3.63) is 46.5 Å². The van der Waals surface area contributed by atoms with E-state index < -0.39 is 11.7 Å². The smallest absolute Gasteiger partial charge is 0.408 e. The number of hydrogen-bond acceptors (Lipinski definition) is 4. The van der Waals surface area contributed by atoms with Crippen molar-refractivity contribution in [3.63, 3.8) is 0 Å². The lowest BCUT2D eigenvalue weighted by Crippen LogP contribution is -2.36. The van der Waals surface area contributed by atoms with Crippen molar-refractivity contribution in [3.8, 4) is 0 Å². The highest BCUT2D eigenvalue weighted by Gasteiger charge is 2.44.